The predicted molar refractivity (Wildman–Crippen MR) is 96.3 cm³/mol. The molecule has 6 nitrogen and oxygen atoms in total. The van der Waals surface area contributed by atoms with Gasteiger partial charge in [-0.1, -0.05) is 53.8 Å². The molecule has 0 aromatic heterocycles. The number of carbonyl (C=O) groups is 1. The fraction of sp³-hybridized carbons (Fsp3) is 0.211. The van der Waals surface area contributed by atoms with Gasteiger partial charge in [-0.25, -0.2) is 4.79 Å². The maximum Gasteiger partial charge on any atom is 0.430 e. The van der Waals surface area contributed by atoms with Crippen LogP contribution in [0.2, 0.25) is 0 Å². The number of nitrogens with zero attached hydrogens (tertiary/aromatic N) is 3. The molecule has 0 aliphatic carbocycles. The number of rotatable bonds is 1. The van der Waals surface area contributed by atoms with Crippen molar-refractivity contribution in [3.63, 3.8) is 0 Å². The Kier molecular flexibility index (Phi) is 4.29. The SMILES string of the molecule is COC(=O)N1NN=NC(c2c3ccccc3cc3ccccc23)C1C(F)(F)F. The van der Waals surface area contributed by atoms with Gasteiger partial charge in [-0.15, -0.1) is 0 Å². The normalized spacial score (nSPS) is 19.6. The molecular formula is C19H15F3N4O2. The summed E-state index contributed by atoms with van der Waals surface area (Å²) in [7, 11) is 1.01. The van der Waals surface area contributed by atoms with Gasteiger partial charge < -0.3 is 4.74 Å². The summed E-state index contributed by atoms with van der Waals surface area (Å²) >= 11 is 0. The Balaban J connectivity index is 2.02. The quantitative estimate of drug-likeness (QED) is 0.602. The molecule has 28 heavy (non-hydrogen) atoms. The zero-order valence-electron chi connectivity index (χ0n) is 14.6. The molecule has 4 rings (SSSR count). The Morgan fingerprint density at radius 2 is 1.64 bits per heavy atom. The predicted octanol–water partition coefficient (Wildman–Crippen LogP) is 4.92. The molecule has 1 N–H and O–H groups in total. The zero-order valence-corrected chi connectivity index (χ0v) is 14.6. The summed E-state index contributed by atoms with van der Waals surface area (Å²) in [5, 5.41) is 10.5. The van der Waals surface area contributed by atoms with E-state index in [0.717, 1.165) is 17.9 Å². The summed E-state index contributed by atoms with van der Waals surface area (Å²) in [6.07, 6.45) is -5.97. The van der Waals surface area contributed by atoms with Crippen molar-refractivity contribution in [2.75, 3.05) is 7.11 Å². The maximum absolute atomic E-state index is 14.0. The standard InChI is InChI=1S/C19H15F3N4O2/c1-28-18(27)26-17(19(20,21)22)16(23-24-25-26)15-13-8-4-2-6-11(13)10-12-7-3-5-9-14(12)15/h2-10,16-17H,1H3,(H,23,25). The third-order valence-electron chi connectivity index (χ3n) is 4.73. The van der Waals surface area contributed by atoms with Crippen LogP contribution in [0.15, 0.2) is 64.9 Å². The molecule has 0 fully saturated rings. The minimum absolute atomic E-state index is 0.328. The number of ether oxygens (including phenoxy) is 1. The average molecular weight is 388 g/mol. The van der Waals surface area contributed by atoms with Crippen LogP contribution in [-0.2, 0) is 4.74 Å². The highest BCUT2D eigenvalue weighted by atomic mass is 19.4. The summed E-state index contributed by atoms with van der Waals surface area (Å²) in [5.41, 5.74) is 2.38. The monoisotopic (exact) mass is 388 g/mol. The molecule has 3 aromatic carbocycles. The van der Waals surface area contributed by atoms with E-state index >= 15 is 0 Å². The van der Waals surface area contributed by atoms with Gasteiger partial charge in [0.1, 0.15) is 6.04 Å². The zero-order chi connectivity index (χ0) is 19.9. The summed E-state index contributed by atoms with van der Waals surface area (Å²) in [5.74, 6) is 0. The molecule has 144 valence electrons. The van der Waals surface area contributed by atoms with Gasteiger partial charge in [-0.05, 0) is 33.2 Å². The van der Waals surface area contributed by atoms with Gasteiger partial charge in [-0.3, -0.25) is 0 Å². The molecule has 0 bridgehead atoms. The lowest BCUT2D eigenvalue weighted by atomic mass is 9.88. The molecule has 2 atom stereocenters. The highest BCUT2D eigenvalue weighted by Gasteiger charge is 2.54. The van der Waals surface area contributed by atoms with Gasteiger partial charge in [0.15, 0.2) is 6.04 Å². The maximum atomic E-state index is 14.0. The Hall–Kier alpha value is -3.36. The van der Waals surface area contributed by atoms with E-state index in [4.69, 9.17) is 0 Å². The molecule has 2 unspecified atom stereocenters. The fourth-order valence-corrected chi connectivity index (χ4v) is 3.56. The topological polar surface area (TPSA) is 66.3 Å². The fourth-order valence-electron chi connectivity index (χ4n) is 3.56. The minimum atomic E-state index is -4.77. The molecule has 1 aliphatic heterocycles. The first-order valence-corrected chi connectivity index (χ1v) is 8.41. The second-order valence-corrected chi connectivity index (χ2v) is 6.32. The molecule has 9 heteroatoms. The number of hydrazine groups is 1. The van der Waals surface area contributed by atoms with Gasteiger partial charge in [-0.2, -0.15) is 28.8 Å². The van der Waals surface area contributed by atoms with E-state index in [1.807, 2.05) is 35.9 Å². The van der Waals surface area contributed by atoms with E-state index in [9.17, 15) is 18.0 Å². The van der Waals surface area contributed by atoms with Crippen LogP contribution >= 0.6 is 0 Å². The number of alkyl halides is 3. The number of fused-ring (bicyclic) bond motifs is 2. The number of benzene rings is 3. The Morgan fingerprint density at radius 1 is 1.07 bits per heavy atom. The number of hydrogen-bond donors (Lipinski definition) is 1. The molecule has 0 spiro atoms. The van der Waals surface area contributed by atoms with Crippen molar-refractivity contribution in [3.05, 3.63) is 60.2 Å². The second kappa shape index (κ2) is 6.66. The average Bonchev–Trinajstić information content (AvgIpc) is 2.70. The van der Waals surface area contributed by atoms with Crippen LogP contribution in [-0.4, -0.2) is 30.4 Å². The van der Waals surface area contributed by atoms with E-state index in [1.165, 1.54) is 0 Å². The number of carbonyl (C=O) groups excluding carboxylic acids is 1. The summed E-state index contributed by atoms with van der Waals surface area (Å²) in [6.45, 7) is 0. The van der Waals surface area contributed by atoms with Crippen LogP contribution in [0, 0.1) is 0 Å². The number of halogens is 3. The van der Waals surface area contributed by atoms with E-state index in [0.29, 0.717) is 21.3 Å². The van der Waals surface area contributed by atoms with Crippen LogP contribution in [0.3, 0.4) is 0 Å². The number of nitrogens with one attached hydrogen (secondary N) is 1. The van der Waals surface area contributed by atoms with Gasteiger partial charge in [0.25, 0.3) is 0 Å². The van der Waals surface area contributed by atoms with Crippen LogP contribution in [0.5, 0.6) is 0 Å². The lowest BCUT2D eigenvalue weighted by Gasteiger charge is -2.37. The van der Waals surface area contributed by atoms with Gasteiger partial charge in [0, 0.05) is 0 Å². The Labute approximate surface area is 157 Å². The van der Waals surface area contributed by atoms with Crippen molar-refractivity contribution in [2.45, 2.75) is 18.3 Å². The number of amides is 1. The third kappa shape index (κ3) is 2.88. The first kappa shape index (κ1) is 18.0. The van der Waals surface area contributed by atoms with E-state index in [-0.39, 0.29) is 0 Å². The van der Waals surface area contributed by atoms with Crippen molar-refractivity contribution in [1.29, 1.82) is 0 Å². The molecule has 3 aromatic rings. The summed E-state index contributed by atoms with van der Waals surface area (Å²) in [4.78, 5) is 12.0. The van der Waals surface area contributed by atoms with Crippen LogP contribution in [0.4, 0.5) is 18.0 Å². The van der Waals surface area contributed by atoms with Crippen molar-refractivity contribution in [2.24, 2.45) is 10.3 Å². The highest BCUT2D eigenvalue weighted by molar-refractivity contribution is 6.02. The molecule has 1 amide bonds. The van der Waals surface area contributed by atoms with Gasteiger partial charge in [0.05, 0.1) is 7.11 Å². The van der Waals surface area contributed by atoms with Crippen molar-refractivity contribution in [3.8, 4) is 0 Å². The Morgan fingerprint density at radius 3 is 2.18 bits per heavy atom. The molecular weight excluding hydrogens is 373 g/mol. The lowest BCUT2D eigenvalue weighted by molar-refractivity contribution is -0.197. The number of methoxy groups -OCH3 is 1. The van der Waals surface area contributed by atoms with E-state index in [1.54, 1.807) is 24.3 Å². The summed E-state index contributed by atoms with van der Waals surface area (Å²) in [6, 6.07) is 12.4. The molecule has 1 heterocycles. The first-order chi connectivity index (χ1) is 13.4. The van der Waals surface area contributed by atoms with Crippen molar-refractivity contribution < 1.29 is 22.7 Å². The van der Waals surface area contributed by atoms with Gasteiger partial charge >= 0.3 is 12.3 Å². The summed E-state index contributed by atoms with van der Waals surface area (Å²) < 4.78 is 46.6. The smallest absolute Gasteiger partial charge is 0.430 e. The van der Waals surface area contributed by atoms with Gasteiger partial charge in [0.2, 0.25) is 0 Å². The van der Waals surface area contributed by atoms with Crippen LogP contribution in [0.1, 0.15) is 11.6 Å². The van der Waals surface area contributed by atoms with E-state index in [2.05, 4.69) is 15.1 Å². The van der Waals surface area contributed by atoms with Crippen molar-refractivity contribution in [1.82, 2.24) is 10.5 Å². The molecule has 1 aliphatic rings. The molecule has 0 saturated heterocycles. The van der Waals surface area contributed by atoms with Crippen LogP contribution in [0.25, 0.3) is 21.5 Å². The lowest BCUT2D eigenvalue weighted by Crippen LogP contribution is -2.58. The Bertz CT molecular complexity index is 1030. The number of hydrogen-bond acceptors (Lipinski definition) is 5. The largest absolute Gasteiger partial charge is 0.451 e. The highest BCUT2D eigenvalue weighted by Crippen LogP contribution is 2.43. The molecule has 0 radical (unpaired) electrons. The van der Waals surface area contributed by atoms with Crippen LogP contribution < -0.4 is 5.53 Å². The minimum Gasteiger partial charge on any atom is -0.451 e. The molecule has 0 saturated carbocycles. The first-order valence-electron chi connectivity index (χ1n) is 8.41. The second-order valence-electron chi connectivity index (χ2n) is 6.32. The third-order valence-corrected chi connectivity index (χ3v) is 4.73. The van der Waals surface area contributed by atoms with E-state index < -0.39 is 24.4 Å². The van der Waals surface area contributed by atoms with Crippen molar-refractivity contribution >= 4 is 27.6 Å².